The minimum Gasteiger partial charge on any atom is -0.397 e. The predicted molar refractivity (Wildman–Crippen MR) is 84.9 cm³/mol. The summed E-state index contributed by atoms with van der Waals surface area (Å²) in [7, 11) is 0. The highest BCUT2D eigenvalue weighted by molar-refractivity contribution is 6.33. The van der Waals surface area contributed by atoms with Gasteiger partial charge >= 0.3 is 0 Å². The molecule has 106 valence electrons. The van der Waals surface area contributed by atoms with Crippen LogP contribution in [0.5, 0.6) is 0 Å². The Morgan fingerprint density at radius 2 is 1.30 bits per heavy atom. The molecule has 3 heteroatoms. The maximum Gasteiger partial charge on any atom is 0.125 e. The van der Waals surface area contributed by atoms with Crippen LogP contribution in [0.4, 0.5) is 10.1 Å². The lowest BCUT2D eigenvalue weighted by molar-refractivity contribution is 0.628. The summed E-state index contributed by atoms with van der Waals surface area (Å²) in [6, 6.07) is 2.71. The molecule has 0 saturated carbocycles. The van der Waals surface area contributed by atoms with E-state index in [1.165, 1.54) is 28.8 Å². The molecule has 2 rings (SSSR count). The fourth-order valence-corrected chi connectivity index (χ4v) is 2.90. The number of benzene rings is 2. The highest BCUT2D eigenvalue weighted by atomic mass is 35.5. The smallest absolute Gasteiger partial charge is 0.125 e. The summed E-state index contributed by atoms with van der Waals surface area (Å²) in [6.07, 6.45) is 0. The molecule has 0 radical (unpaired) electrons. The Labute approximate surface area is 124 Å². The second kappa shape index (κ2) is 5.10. The third kappa shape index (κ3) is 2.18. The van der Waals surface area contributed by atoms with Crippen LogP contribution in [0.1, 0.15) is 27.8 Å². The van der Waals surface area contributed by atoms with E-state index in [-0.39, 0.29) is 10.8 Å². The number of anilines is 1. The maximum absolute atomic E-state index is 13.7. The molecule has 1 nitrogen and oxygen atoms in total. The van der Waals surface area contributed by atoms with E-state index in [2.05, 4.69) is 20.8 Å². The van der Waals surface area contributed by atoms with Gasteiger partial charge in [0.1, 0.15) is 5.82 Å². The van der Waals surface area contributed by atoms with E-state index < -0.39 is 0 Å². The number of hydrogen-bond acceptors (Lipinski definition) is 1. The van der Waals surface area contributed by atoms with Gasteiger partial charge in [-0.2, -0.15) is 0 Å². The van der Waals surface area contributed by atoms with Gasteiger partial charge in [-0.1, -0.05) is 11.6 Å². The van der Waals surface area contributed by atoms with Gasteiger partial charge in [0, 0.05) is 5.56 Å². The van der Waals surface area contributed by atoms with E-state index in [4.69, 9.17) is 17.3 Å². The normalized spacial score (nSPS) is 10.9. The van der Waals surface area contributed by atoms with Crippen LogP contribution in [-0.4, -0.2) is 0 Å². The first-order valence-electron chi connectivity index (χ1n) is 6.57. The zero-order valence-corrected chi connectivity index (χ0v) is 13.2. The van der Waals surface area contributed by atoms with Crippen LogP contribution in [0.25, 0.3) is 11.1 Å². The Morgan fingerprint density at radius 1 is 0.850 bits per heavy atom. The van der Waals surface area contributed by atoms with Crippen LogP contribution in [-0.2, 0) is 0 Å². The Hall–Kier alpha value is -1.54. The first kappa shape index (κ1) is 14.9. The van der Waals surface area contributed by atoms with Crippen molar-refractivity contribution in [1.29, 1.82) is 0 Å². The molecule has 2 aromatic rings. The standard InChI is InChI=1S/C17H19ClFN/c1-8-9(2)11(4)16(12(5)10(8)3)14-6-13(19)7-15(18)17(14)20/h6-7H,20H2,1-5H3. The van der Waals surface area contributed by atoms with E-state index in [0.717, 1.165) is 16.7 Å². The molecule has 0 aromatic heterocycles. The van der Waals surface area contributed by atoms with Crippen molar-refractivity contribution in [1.82, 2.24) is 0 Å². The van der Waals surface area contributed by atoms with Crippen LogP contribution in [0.15, 0.2) is 12.1 Å². The Bertz CT molecular complexity index is 676. The molecule has 0 spiro atoms. The van der Waals surface area contributed by atoms with Gasteiger partial charge < -0.3 is 5.73 Å². The van der Waals surface area contributed by atoms with Crippen LogP contribution in [0, 0.1) is 40.4 Å². The number of halogens is 2. The van der Waals surface area contributed by atoms with Crippen molar-refractivity contribution in [3.63, 3.8) is 0 Å². The predicted octanol–water partition coefficient (Wildman–Crippen LogP) is 5.27. The lowest BCUT2D eigenvalue weighted by Gasteiger charge is -2.20. The van der Waals surface area contributed by atoms with Crippen LogP contribution < -0.4 is 5.73 Å². The molecule has 0 bridgehead atoms. The van der Waals surface area contributed by atoms with Crippen LogP contribution in [0.2, 0.25) is 5.02 Å². The van der Waals surface area contributed by atoms with Gasteiger partial charge in [-0.15, -0.1) is 0 Å². The first-order valence-corrected chi connectivity index (χ1v) is 6.95. The minimum absolute atomic E-state index is 0.259. The largest absolute Gasteiger partial charge is 0.397 e. The average Bonchev–Trinajstić information content (AvgIpc) is 2.39. The number of rotatable bonds is 1. The molecule has 0 aliphatic rings. The number of hydrogen-bond donors (Lipinski definition) is 1. The van der Waals surface area contributed by atoms with Crippen LogP contribution >= 0.6 is 11.6 Å². The molecule has 0 fully saturated rings. The van der Waals surface area contributed by atoms with E-state index >= 15 is 0 Å². The molecular formula is C17H19ClFN. The molecular weight excluding hydrogens is 273 g/mol. The van der Waals surface area contributed by atoms with Crippen molar-refractivity contribution >= 4 is 17.3 Å². The third-order valence-electron chi connectivity index (χ3n) is 4.36. The lowest BCUT2D eigenvalue weighted by atomic mass is 9.86. The summed E-state index contributed by atoms with van der Waals surface area (Å²) in [5.74, 6) is -0.367. The van der Waals surface area contributed by atoms with Gasteiger partial charge in [-0.05, 0) is 80.1 Å². The van der Waals surface area contributed by atoms with Crippen molar-refractivity contribution in [2.24, 2.45) is 0 Å². The zero-order chi connectivity index (χ0) is 15.2. The van der Waals surface area contributed by atoms with Crippen LogP contribution in [0.3, 0.4) is 0 Å². The second-order valence-corrected chi connectivity index (χ2v) is 5.76. The summed E-state index contributed by atoms with van der Waals surface area (Å²) >= 11 is 6.02. The van der Waals surface area contributed by atoms with Gasteiger partial charge in [0.15, 0.2) is 0 Å². The highest BCUT2D eigenvalue weighted by Gasteiger charge is 2.17. The fourth-order valence-electron chi connectivity index (χ4n) is 2.70. The van der Waals surface area contributed by atoms with Gasteiger partial charge in [0.05, 0.1) is 10.7 Å². The van der Waals surface area contributed by atoms with Crippen molar-refractivity contribution < 1.29 is 4.39 Å². The van der Waals surface area contributed by atoms with Crippen molar-refractivity contribution in [2.45, 2.75) is 34.6 Å². The molecule has 20 heavy (non-hydrogen) atoms. The lowest BCUT2D eigenvalue weighted by Crippen LogP contribution is -2.02. The molecule has 0 aliphatic carbocycles. The van der Waals surface area contributed by atoms with Crippen molar-refractivity contribution in [3.05, 3.63) is 50.8 Å². The third-order valence-corrected chi connectivity index (χ3v) is 4.68. The molecule has 0 unspecified atom stereocenters. The molecule has 0 heterocycles. The van der Waals surface area contributed by atoms with Gasteiger partial charge in [0.25, 0.3) is 0 Å². The molecule has 0 saturated heterocycles. The van der Waals surface area contributed by atoms with E-state index in [0.29, 0.717) is 11.3 Å². The summed E-state index contributed by atoms with van der Waals surface area (Å²) in [4.78, 5) is 0. The first-order chi connectivity index (χ1) is 9.25. The van der Waals surface area contributed by atoms with Gasteiger partial charge in [-0.3, -0.25) is 0 Å². The summed E-state index contributed by atoms with van der Waals surface area (Å²) in [5, 5.41) is 0.259. The monoisotopic (exact) mass is 291 g/mol. The fraction of sp³-hybridized carbons (Fsp3) is 0.294. The summed E-state index contributed by atoms with van der Waals surface area (Å²) in [5.41, 5.74) is 14.1. The highest BCUT2D eigenvalue weighted by Crippen LogP contribution is 2.39. The van der Waals surface area contributed by atoms with Crippen molar-refractivity contribution in [3.8, 4) is 11.1 Å². The number of nitrogen functional groups attached to an aromatic ring is 1. The number of nitrogens with two attached hydrogens (primary N) is 1. The molecule has 0 atom stereocenters. The van der Waals surface area contributed by atoms with E-state index in [9.17, 15) is 4.39 Å². The Morgan fingerprint density at radius 3 is 1.80 bits per heavy atom. The Kier molecular flexibility index (Phi) is 3.79. The minimum atomic E-state index is -0.367. The van der Waals surface area contributed by atoms with Crippen molar-refractivity contribution in [2.75, 3.05) is 5.73 Å². The van der Waals surface area contributed by atoms with E-state index in [1.54, 1.807) is 0 Å². The maximum atomic E-state index is 13.7. The molecule has 2 N–H and O–H groups in total. The second-order valence-electron chi connectivity index (χ2n) is 5.35. The van der Waals surface area contributed by atoms with E-state index in [1.807, 2.05) is 13.8 Å². The average molecular weight is 292 g/mol. The molecule has 0 amide bonds. The molecule has 0 aliphatic heterocycles. The Balaban J connectivity index is 2.91. The quantitative estimate of drug-likeness (QED) is 0.712. The van der Waals surface area contributed by atoms with Gasteiger partial charge in [-0.25, -0.2) is 4.39 Å². The molecule has 2 aromatic carbocycles. The summed E-state index contributed by atoms with van der Waals surface area (Å²) in [6.45, 7) is 10.4. The summed E-state index contributed by atoms with van der Waals surface area (Å²) < 4.78 is 13.7. The topological polar surface area (TPSA) is 26.0 Å². The SMILES string of the molecule is Cc1c(C)c(C)c(-c2cc(F)cc(Cl)c2N)c(C)c1C. The van der Waals surface area contributed by atoms with Gasteiger partial charge in [0.2, 0.25) is 0 Å². The zero-order valence-electron chi connectivity index (χ0n) is 12.5.